The van der Waals surface area contributed by atoms with Crippen LogP contribution in [0.4, 0.5) is 5.69 Å². The van der Waals surface area contributed by atoms with Gasteiger partial charge in [0.25, 0.3) is 0 Å². The molecule has 0 saturated carbocycles. The molecule has 2 aromatic carbocycles. The third kappa shape index (κ3) is 5.77. The minimum absolute atomic E-state index is 0. The third-order valence-electron chi connectivity index (χ3n) is 3.68. The summed E-state index contributed by atoms with van der Waals surface area (Å²) in [7, 11) is 0. The van der Waals surface area contributed by atoms with Gasteiger partial charge in [0.1, 0.15) is 5.69 Å². The van der Waals surface area contributed by atoms with Crippen LogP contribution in [0.25, 0.3) is 0 Å². The van der Waals surface area contributed by atoms with E-state index in [1.807, 2.05) is 49.4 Å². The van der Waals surface area contributed by atoms with Gasteiger partial charge in [-0.1, -0.05) is 42.5 Å². The number of quaternary nitrogens is 1. The summed E-state index contributed by atoms with van der Waals surface area (Å²) in [6, 6.07) is 16.7. The number of hydrogen-bond acceptors (Lipinski definition) is 3. The molecule has 0 amide bonds. The molecular weight excluding hydrogens is 312 g/mol. The summed E-state index contributed by atoms with van der Waals surface area (Å²) in [5, 5.41) is 13.5. The standard InChI is InChI=1S/C18H22N2O2.ClH/c1-13(18(22)14-6-3-2-4-7-14)20-11-10-17(21)15-8-5-9-16(19)12-15;/h2-9,12-13,18,20,22H,10-11,19H2,1H3;1H. The van der Waals surface area contributed by atoms with Crippen LogP contribution in [0, 0.1) is 0 Å². The molecule has 5 heteroatoms. The lowest BCUT2D eigenvalue weighted by atomic mass is 10.0. The maximum atomic E-state index is 12.1. The lowest BCUT2D eigenvalue weighted by Crippen LogP contribution is -3.00. The van der Waals surface area contributed by atoms with Crippen LogP contribution in [0.3, 0.4) is 0 Å². The Morgan fingerprint density at radius 2 is 1.87 bits per heavy atom. The first-order chi connectivity index (χ1) is 10.6. The summed E-state index contributed by atoms with van der Waals surface area (Å²) in [4.78, 5) is 12.1. The molecule has 2 unspecified atom stereocenters. The molecular formula is C18H23ClN2O2. The summed E-state index contributed by atoms with van der Waals surface area (Å²) < 4.78 is 0. The van der Waals surface area contributed by atoms with Gasteiger partial charge in [-0.2, -0.15) is 0 Å². The van der Waals surface area contributed by atoms with E-state index in [0.717, 1.165) is 11.3 Å². The Hall–Kier alpha value is -1.72. The number of carbonyl (C=O) groups is 1. The largest absolute Gasteiger partial charge is 1.00 e. The lowest BCUT2D eigenvalue weighted by Gasteiger charge is -2.20. The van der Waals surface area contributed by atoms with Gasteiger partial charge in [0.05, 0.1) is 6.10 Å². The fourth-order valence-electron chi connectivity index (χ4n) is 2.35. The fraction of sp³-hybridized carbons (Fsp3) is 0.278. The van der Waals surface area contributed by atoms with Crippen LogP contribution in [0.2, 0.25) is 0 Å². The first kappa shape index (κ1) is 19.3. The highest BCUT2D eigenvalue weighted by molar-refractivity contribution is 5.96. The monoisotopic (exact) mass is 334 g/mol. The average Bonchev–Trinajstić information content (AvgIpc) is 2.54. The van der Waals surface area contributed by atoms with Crippen molar-refractivity contribution in [2.45, 2.75) is 25.5 Å². The highest BCUT2D eigenvalue weighted by atomic mass is 35.5. The van der Waals surface area contributed by atoms with Crippen molar-refractivity contribution in [3.05, 3.63) is 65.7 Å². The van der Waals surface area contributed by atoms with Gasteiger partial charge in [-0.15, -0.1) is 0 Å². The van der Waals surface area contributed by atoms with Crippen LogP contribution in [-0.4, -0.2) is 23.5 Å². The number of aliphatic hydroxyl groups excluding tert-OH is 1. The van der Waals surface area contributed by atoms with E-state index in [9.17, 15) is 9.90 Å². The molecule has 2 rings (SSSR count). The van der Waals surface area contributed by atoms with Crippen molar-refractivity contribution in [2.24, 2.45) is 0 Å². The van der Waals surface area contributed by atoms with Crippen LogP contribution >= 0.6 is 0 Å². The van der Waals surface area contributed by atoms with Crippen molar-refractivity contribution >= 4 is 11.5 Å². The first-order valence-electron chi connectivity index (χ1n) is 7.49. The Morgan fingerprint density at radius 3 is 2.52 bits per heavy atom. The summed E-state index contributed by atoms with van der Waals surface area (Å²) in [5.74, 6) is 0.0828. The summed E-state index contributed by atoms with van der Waals surface area (Å²) in [6.45, 7) is 2.45. The SMILES string of the molecule is CC(NCCC(=O)c1cccc([NH3+])c1)C(O)c1ccccc1.[Cl-]. The number of halogens is 1. The van der Waals surface area contributed by atoms with E-state index in [2.05, 4.69) is 11.1 Å². The maximum absolute atomic E-state index is 12.1. The molecule has 0 saturated heterocycles. The molecule has 23 heavy (non-hydrogen) atoms. The van der Waals surface area contributed by atoms with Crippen molar-refractivity contribution in [3.8, 4) is 0 Å². The second-order valence-corrected chi connectivity index (χ2v) is 5.47. The highest BCUT2D eigenvalue weighted by Gasteiger charge is 2.16. The van der Waals surface area contributed by atoms with Crippen LogP contribution in [-0.2, 0) is 0 Å². The first-order valence-corrected chi connectivity index (χ1v) is 7.49. The minimum atomic E-state index is -0.584. The Morgan fingerprint density at radius 1 is 1.17 bits per heavy atom. The van der Waals surface area contributed by atoms with Gasteiger partial charge in [0.2, 0.25) is 0 Å². The van der Waals surface area contributed by atoms with Crippen molar-refractivity contribution in [3.63, 3.8) is 0 Å². The predicted octanol–water partition coefficient (Wildman–Crippen LogP) is -1.15. The van der Waals surface area contributed by atoms with Gasteiger partial charge in [-0.05, 0) is 18.6 Å². The summed E-state index contributed by atoms with van der Waals surface area (Å²) in [6.07, 6.45) is -0.186. The second-order valence-electron chi connectivity index (χ2n) is 5.47. The average molecular weight is 335 g/mol. The molecule has 5 N–H and O–H groups in total. The molecule has 0 spiro atoms. The molecule has 0 bridgehead atoms. The van der Waals surface area contributed by atoms with Crippen molar-refractivity contribution < 1.29 is 28.0 Å². The molecule has 2 atom stereocenters. The Kier molecular flexibility index (Phi) is 7.92. The fourth-order valence-corrected chi connectivity index (χ4v) is 2.35. The van der Waals surface area contributed by atoms with Gasteiger partial charge < -0.3 is 28.6 Å². The van der Waals surface area contributed by atoms with Crippen LogP contribution in [0.1, 0.15) is 35.4 Å². The van der Waals surface area contributed by atoms with E-state index < -0.39 is 6.10 Å². The lowest BCUT2D eigenvalue weighted by molar-refractivity contribution is -0.254. The zero-order valence-electron chi connectivity index (χ0n) is 13.2. The van der Waals surface area contributed by atoms with E-state index >= 15 is 0 Å². The topological polar surface area (TPSA) is 77.0 Å². The Bertz CT molecular complexity index is 619. The molecule has 0 fully saturated rings. The van der Waals surface area contributed by atoms with E-state index in [1.165, 1.54) is 0 Å². The second kappa shape index (κ2) is 9.43. The molecule has 124 valence electrons. The van der Waals surface area contributed by atoms with Crippen LogP contribution < -0.4 is 23.5 Å². The van der Waals surface area contributed by atoms with Gasteiger partial charge in [0, 0.05) is 30.6 Å². The number of Topliss-reactive ketones (excluding diaryl/α,β-unsaturated/α-hetero) is 1. The highest BCUT2D eigenvalue weighted by Crippen LogP contribution is 2.16. The molecule has 0 aliphatic heterocycles. The normalized spacial score (nSPS) is 13.0. The van der Waals surface area contributed by atoms with E-state index in [4.69, 9.17) is 0 Å². The number of hydrogen-bond donors (Lipinski definition) is 3. The van der Waals surface area contributed by atoms with E-state index in [1.54, 1.807) is 12.1 Å². The Balaban J connectivity index is 0.00000264. The zero-order valence-corrected chi connectivity index (χ0v) is 14.0. The molecule has 2 aromatic rings. The van der Waals surface area contributed by atoms with Crippen molar-refractivity contribution in [1.82, 2.24) is 5.32 Å². The zero-order chi connectivity index (χ0) is 15.9. The molecule has 0 aliphatic rings. The summed E-state index contributed by atoms with van der Waals surface area (Å²) in [5.41, 5.74) is 6.23. The van der Waals surface area contributed by atoms with E-state index in [-0.39, 0.29) is 24.2 Å². The number of benzene rings is 2. The van der Waals surface area contributed by atoms with Gasteiger partial charge in [-0.25, -0.2) is 0 Å². The maximum Gasteiger partial charge on any atom is 0.164 e. The number of nitrogens with one attached hydrogen (secondary N) is 1. The van der Waals surface area contributed by atoms with Gasteiger partial charge in [0.15, 0.2) is 5.78 Å². The van der Waals surface area contributed by atoms with Crippen LogP contribution in [0.15, 0.2) is 54.6 Å². The quantitative estimate of drug-likeness (QED) is 0.560. The van der Waals surface area contributed by atoms with Gasteiger partial charge in [-0.3, -0.25) is 4.79 Å². The molecule has 4 nitrogen and oxygen atoms in total. The summed E-state index contributed by atoms with van der Waals surface area (Å²) >= 11 is 0. The molecule has 0 aromatic heterocycles. The number of ketones is 1. The van der Waals surface area contributed by atoms with Gasteiger partial charge >= 0.3 is 0 Å². The number of aliphatic hydroxyl groups is 1. The minimum Gasteiger partial charge on any atom is -1.00 e. The molecule has 0 aliphatic carbocycles. The van der Waals surface area contributed by atoms with Crippen molar-refractivity contribution in [2.75, 3.05) is 6.54 Å². The van der Waals surface area contributed by atoms with E-state index in [0.29, 0.717) is 18.5 Å². The predicted molar refractivity (Wildman–Crippen MR) is 86.8 cm³/mol. The van der Waals surface area contributed by atoms with Crippen molar-refractivity contribution in [1.29, 1.82) is 0 Å². The molecule has 0 heterocycles. The third-order valence-corrected chi connectivity index (χ3v) is 3.68. The number of rotatable bonds is 7. The Labute approximate surface area is 143 Å². The smallest absolute Gasteiger partial charge is 0.164 e. The van der Waals surface area contributed by atoms with Crippen LogP contribution in [0.5, 0.6) is 0 Å². The number of carbonyl (C=O) groups excluding carboxylic acids is 1. The molecule has 0 radical (unpaired) electrons.